The second-order valence-corrected chi connectivity index (χ2v) is 5.81. The standard InChI is InChI=1S/C12H14BrN3S/c1-14-7-6-11-15-16-12(17-11)8-9-2-4-10(13)5-3-9/h2-5,14H,6-8H2,1H3. The van der Waals surface area contributed by atoms with E-state index in [0.29, 0.717) is 0 Å². The lowest BCUT2D eigenvalue weighted by molar-refractivity contribution is 0.777. The van der Waals surface area contributed by atoms with E-state index >= 15 is 0 Å². The second kappa shape index (κ2) is 6.23. The van der Waals surface area contributed by atoms with Gasteiger partial charge in [0, 0.05) is 23.9 Å². The summed E-state index contributed by atoms with van der Waals surface area (Å²) >= 11 is 5.13. The van der Waals surface area contributed by atoms with Crippen LogP contribution in [0.15, 0.2) is 28.7 Å². The van der Waals surface area contributed by atoms with Gasteiger partial charge in [-0.2, -0.15) is 0 Å². The normalized spacial score (nSPS) is 10.7. The molecule has 1 aromatic carbocycles. The Morgan fingerprint density at radius 2 is 1.88 bits per heavy atom. The van der Waals surface area contributed by atoms with Crippen molar-refractivity contribution in [2.45, 2.75) is 12.8 Å². The molecule has 0 aliphatic carbocycles. The summed E-state index contributed by atoms with van der Waals surface area (Å²) in [5.41, 5.74) is 1.27. The van der Waals surface area contributed by atoms with Crippen LogP contribution >= 0.6 is 27.3 Å². The SMILES string of the molecule is CNCCc1nnc(Cc2ccc(Br)cc2)s1. The molecule has 1 N–H and O–H groups in total. The highest BCUT2D eigenvalue weighted by Gasteiger charge is 2.04. The molecule has 2 rings (SSSR count). The summed E-state index contributed by atoms with van der Waals surface area (Å²) in [7, 11) is 1.95. The van der Waals surface area contributed by atoms with Gasteiger partial charge in [0.25, 0.3) is 0 Å². The van der Waals surface area contributed by atoms with Gasteiger partial charge in [0.1, 0.15) is 10.0 Å². The smallest absolute Gasteiger partial charge is 0.121 e. The zero-order valence-corrected chi connectivity index (χ0v) is 12.0. The van der Waals surface area contributed by atoms with Crippen molar-refractivity contribution in [3.63, 3.8) is 0 Å². The maximum Gasteiger partial charge on any atom is 0.121 e. The molecule has 5 heteroatoms. The summed E-state index contributed by atoms with van der Waals surface area (Å²) in [5.74, 6) is 0. The Morgan fingerprint density at radius 1 is 1.18 bits per heavy atom. The van der Waals surface area contributed by atoms with Crippen LogP contribution in [0.5, 0.6) is 0 Å². The maximum atomic E-state index is 4.22. The fourth-order valence-electron chi connectivity index (χ4n) is 1.47. The lowest BCUT2D eigenvalue weighted by atomic mass is 10.2. The van der Waals surface area contributed by atoms with Crippen molar-refractivity contribution in [2.24, 2.45) is 0 Å². The molecule has 3 nitrogen and oxygen atoms in total. The largest absolute Gasteiger partial charge is 0.319 e. The molecule has 0 amide bonds. The molecule has 1 heterocycles. The van der Waals surface area contributed by atoms with E-state index in [1.54, 1.807) is 11.3 Å². The molecular formula is C12H14BrN3S. The molecule has 0 aliphatic heterocycles. The highest BCUT2D eigenvalue weighted by molar-refractivity contribution is 9.10. The van der Waals surface area contributed by atoms with Crippen LogP contribution in [-0.2, 0) is 12.8 Å². The molecule has 0 unspecified atom stereocenters. The van der Waals surface area contributed by atoms with Crippen molar-refractivity contribution in [3.8, 4) is 0 Å². The van der Waals surface area contributed by atoms with Gasteiger partial charge in [0.05, 0.1) is 0 Å². The Balaban J connectivity index is 1.98. The van der Waals surface area contributed by atoms with Crippen LogP contribution in [0.3, 0.4) is 0 Å². The van der Waals surface area contributed by atoms with Gasteiger partial charge in [-0.3, -0.25) is 0 Å². The molecule has 0 radical (unpaired) electrons. The second-order valence-electron chi connectivity index (χ2n) is 3.75. The average molecular weight is 312 g/mol. The first-order valence-corrected chi connectivity index (χ1v) is 7.09. The van der Waals surface area contributed by atoms with Crippen molar-refractivity contribution in [1.82, 2.24) is 15.5 Å². The predicted molar refractivity (Wildman–Crippen MR) is 74.5 cm³/mol. The van der Waals surface area contributed by atoms with Crippen LogP contribution in [-0.4, -0.2) is 23.8 Å². The number of nitrogens with zero attached hydrogens (tertiary/aromatic N) is 2. The minimum Gasteiger partial charge on any atom is -0.319 e. The lowest BCUT2D eigenvalue weighted by Crippen LogP contribution is -2.09. The lowest BCUT2D eigenvalue weighted by Gasteiger charge is -1.97. The number of rotatable bonds is 5. The Bertz CT molecular complexity index is 467. The first-order chi connectivity index (χ1) is 8.28. The molecule has 0 atom stereocenters. The van der Waals surface area contributed by atoms with E-state index in [1.807, 2.05) is 7.05 Å². The van der Waals surface area contributed by atoms with E-state index in [4.69, 9.17) is 0 Å². The minimum absolute atomic E-state index is 0.866. The Kier molecular flexibility index (Phi) is 4.65. The van der Waals surface area contributed by atoms with Crippen molar-refractivity contribution in [3.05, 3.63) is 44.3 Å². The average Bonchev–Trinajstić information content (AvgIpc) is 2.77. The minimum atomic E-state index is 0.866. The third kappa shape index (κ3) is 3.87. The van der Waals surface area contributed by atoms with E-state index in [0.717, 1.165) is 33.9 Å². The zero-order valence-electron chi connectivity index (χ0n) is 9.61. The number of aromatic nitrogens is 2. The van der Waals surface area contributed by atoms with Crippen LogP contribution in [0.25, 0.3) is 0 Å². The van der Waals surface area contributed by atoms with Crippen LogP contribution in [0.2, 0.25) is 0 Å². The summed E-state index contributed by atoms with van der Waals surface area (Å²) in [6.45, 7) is 0.951. The molecule has 0 saturated carbocycles. The predicted octanol–water partition coefficient (Wildman–Crippen LogP) is 2.65. The van der Waals surface area contributed by atoms with Gasteiger partial charge in [0.2, 0.25) is 0 Å². The highest BCUT2D eigenvalue weighted by atomic mass is 79.9. The van der Waals surface area contributed by atoms with Crippen molar-refractivity contribution >= 4 is 27.3 Å². The quantitative estimate of drug-likeness (QED) is 0.922. The zero-order chi connectivity index (χ0) is 12.1. The molecular weight excluding hydrogens is 298 g/mol. The van der Waals surface area contributed by atoms with Crippen LogP contribution in [0.1, 0.15) is 15.6 Å². The third-order valence-corrected chi connectivity index (χ3v) is 3.88. The van der Waals surface area contributed by atoms with Gasteiger partial charge < -0.3 is 5.32 Å². The number of hydrogen-bond donors (Lipinski definition) is 1. The third-order valence-electron chi connectivity index (χ3n) is 2.37. The summed E-state index contributed by atoms with van der Waals surface area (Å²) in [6.07, 6.45) is 1.82. The molecule has 0 spiro atoms. The van der Waals surface area contributed by atoms with Gasteiger partial charge in [-0.15, -0.1) is 21.5 Å². The summed E-state index contributed by atoms with van der Waals surface area (Å²) in [5, 5.41) is 13.7. The molecule has 0 saturated heterocycles. The Morgan fingerprint density at radius 3 is 2.59 bits per heavy atom. The molecule has 0 aliphatic rings. The van der Waals surface area contributed by atoms with Crippen LogP contribution < -0.4 is 5.32 Å². The molecule has 0 bridgehead atoms. The van der Waals surface area contributed by atoms with Crippen molar-refractivity contribution in [2.75, 3.05) is 13.6 Å². The van der Waals surface area contributed by atoms with E-state index in [9.17, 15) is 0 Å². The highest BCUT2D eigenvalue weighted by Crippen LogP contribution is 2.17. The summed E-state index contributed by atoms with van der Waals surface area (Å²) in [6, 6.07) is 8.33. The van der Waals surface area contributed by atoms with Gasteiger partial charge in [-0.1, -0.05) is 28.1 Å². The molecule has 1 aromatic heterocycles. The topological polar surface area (TPSA) is 37.8 Å². The van der Waals surface area contributed by atoms with E-state index < -0.39 is 0 Å². The number of likely N-dealkylation sites (N-methyl/N-ethyl adjacent to an activating group) is 1. The van der Waals surface area contributed by atoms with Crippen LogP contribution in [0.4, 0.5) is 0 Å². The van der Waals surface area contributed by atoms with Crippen molar-refractivity contribution < 1.29 is 0 Å². The van der Waals surface area contributed by atoms with Gasteiger partial charge in [0.15, 0.2) is 0 Å². The number of benzene rings is 1. The summed E-state index contributed by atoms with van der Waals surface area (Å²) in [4.78, 5) is 0. The molecule has 90 valence electrons. The monoisotopic (exact) mass is 311 g/mol. The van der Waals surface area contributed by atoms with E-state index in [-0.39, 0.29) is 0 Å². The van der Waals surface area contributed by atoms with Crippen molar-refractivity contribution in [1.29, 1.82) is 0 Å². The van der Waals surface area contributed by atoms with Gasteiger partial charge in [-0.05, 0) is 24.7 Å². The first kappa shape index (κ1) is 12.7. The molecule has 17 heavy (non-hydrogen) atoms. The number of halogens is 1. The van der Waals surface area contributed by atoms with E-state index in [2.05, 4.69) is 55.7 Å². The number of hydrogen-bond acceptors (Lipinski definition) is 4. The Hall–Kier alpha value is -0.780. The van der Waals surface area contributed by atoms with Crippen LogP contribution in [0, 0.1) is 0 Å². The maximum absolute atomic E-state index is 4.22. The fraction of sp³-hybridized carbons (Fsp3) is 0.333. The first-order valence-electron chi connectivity index (χ1n) is 5.48. The van der Waals surface area contributed by atoms with Gasteiger partial charge in [-0.25, -0.2) is 0 Å². The molecule has 0 fully saturated rings. The molecule has 2 aromatic rings. The van der Waals surface area contributed by atoms with Gasteiger partial charge >= 0.3 is 0 Å². The Labute approximate surface area is 113 Å². The number of nitrogens with one attached hydrogen (secondary N) is 1. The summed E-state index contributed by atoms with van der Waals surface area (Å²) < 4.78 is 1.10. The van der Waals surface area contributed by atoms with E-state index in [1.165, 1.54) is 5.56 Å². The fourth-order valence-corrected chi connectivity index (χ4v) is 2.61.